The lowest BCUT2D eigenvalue weighted by Gasteiger charge is -2.36. The second-order valence-electron chi connectivity index (χ2n) is 5.55. The molecule has 0 bridgehead atoms. The van der Waals surface area contributed by atoms with Crippen LogP contribution in [0.15, 0.2) is 24.3 Å². The Bertz CT molecular complexity index is 696. The van der Waals surface area contributed by atoms with Crippen molar-refractivity contribution in [1.82, 2.24) is 14.9 Å². The summed E-state index contributed by atoms with van der Waals surface area (Å²) in [5.74, 6) is 0.910. The molecule has 0 N–H and O–H groups in total. The van der Waals surface area contributed by atoms with Gasteiger partial charge in [0.05, 0.1) is 16.7 Å². The van der Waals surface area contributed by atoms with Gasteiger partial charge >= 0.3 is 0 Å². The Morgan fingerprint density at radius 3 is 2.32 bits per heavy atom. The molecule has 5 nitrogen and oxygen atoms in total. The SMILES string of the molecule is Cc1nc2ccccc2nc1N1CCN(C(=O)C(C)Cl)CC1. The number of para-hydroxylation sites is 2. The Hall–Kier alpha value is -1.88. The van der Waals surface area contributed by atoms with Crippen molar-refractivity contribution in [2.24, 2.45) is 0 Å². The summed E-state index contributed by atoms with van der Waals surface area (Å²) in [5, 5.41) is -0.464. The Labute approximate surface area is 134 Å². The van der Waals surface area contributed by atoms with Gasteiger partial charge in [-0.1, -0.05) is 12.1 Å². The van der Waals surface area contributed by atoms with Crippen LogP contribution in [-0.4, -0.2) is 52.3 Å². The molecule has 1 aliphatic heterocycles. The number of rotatable bonds is 2. The monoisotopic (exact) mass is 318 g/mol. The van der Waals surface area contributed by atoms with Gasteiger partial charge in [-0.25, -0.2) is 9.97 Å². The maximum atomic E-state index is 11.9. The molecule has 116 valence electrons. The molecule has 1 unspecified atom stereocenters. The average Bonchev–Trinajstić information content (AvgIpc) is 2.53. The topological polar surface area (TPSA) is 49.3 Å². The van der Waals surface area contributed by atoms with E-state index in [1.165, 1.54) is 0 Å². The molecule has 2 heterocycles. The van der Waals surface area contributed by atoms with Crippen LogP contribution < -0.4 is 4.90 Å². The number of piperazine rings is 1. The third-order valence-corrected chi connectivity index (χ3v) is 4.14. The molecule has 1 aliphatic rings. The summed E-state index contributed by atoms with van der Waals surface area (Å²) >= 11 is 5.88. The van der Waals surface area contributed by atoms with Crippen molar-refractivity contribution >= 4 is 34.4 Å². The summed E-state index contributed by atoms with van der Waals surface area (Å²) < 4.78 is 0. The van der Waals surface area contributed by atoms with E-state index in [-0.39, 0.29) is 5.91 Å². The van der Waals surface area contributed by atoms with Gasteiger partial charge < -0.3 is 9.80 Å². The van der Waals surface area contributed by atoms with Gasteiger partial charge in [-0.2, -0.15) is 0 Å². The van der Waals surface area contributed by atoms with E-state index in [2.05, 4.69) is 9.88 Å². The Morgan fingerprint density at radius 1 is 1.14 bits per heavy atom. The molecule has 1 fully saturated rings. The second kappa shape index (κ2) is 6.08. The van der Waals surface area contributed by atoms with Crippen LogP contribution in [0, 0.1) is 6.92 Å². The van der Waals surface area contributed by atoms with Crippen LogP contribution in [-0.2, 0) is 4.79 Å². The molecule has 1 saturated heterocycles. The fourth-order valence-corrected chi connectivity index (χ4v) is 2.91. The first-order valence-corrected chi connectivity index (χ1v) is 7.91. The van der Waals surface area contributed by atoms with Crippen molar-refractivity contribution in [1.29, 1.82) is 0 Å². The van der Waals surface area contributed by atoms with Crippen LogP contribution in [0.25, 0.3) is 11.0 Å². The van der Waals surface area contributed by atoms with E-state index in [4.69, 9.17) is 16.6 Å². The van der Waals surface area contributed by atoms with E-state index in [0.29, 0.717) is 13.1 Å². The molecule has 1 atom stereocenters. The normalized spacial score (nSPS) is 16.9. The standard InChI is InChI=1S/C16H19ClN4O/c1-11(17)16(22)21-9-7-20(8-10-21)15-12(2)18-13-5-3-4-6-14(13)19-15/h3-6,11H,7-10H2,1-2H3. The number of nitrogens with zero attached hydrogens (tertiary/aromatic N) is 4. The molecule has 22 heavy (non-hydrogen) atoms. The molecule has 1 amide bonds. The molecule has 6 heteroatoms. The smallest absolute Gasteiger partial charge is 0.240 e. The number of hydrogen-bond donors (Lipinski definition) is 0. The van der Waals surface area contributed by atoms with Crippen molar-refractivity contribution in [2.45, 2.75) is 19.2 Å². The van der Waals surface area contributed by atoms with E-state index in [0.717, 1.165) is 35.6 Å². The summed E-state index contributed by atoms with van der Waals surface area (Å²) in [7, 11) is 0. The summed E-state index contributed by atoms with van der Waals surface area (Å²) in [6.07, 6.45) is 0. The van der Waals surface area contributed by atoms with Gasteiger partial charge in [-0.3, -0.25) is 4.79 Å². The second-order valence-corrected chi connectivity index (χ2v) is 6.20. The minimum Gasteiger partial charge on any atom is -0.352 e. The number of benzene rings is 1. The number of aromatic nitrogens is 2. The van der Waals surface area contributed by atoms with E-state index in [1.807, 2.05) is 36.1 Å². The zero-order valence-electron chi connectivity index (χ0n) is 12.8. The predicted octanol–water partition coefficient (Wildman–Crippen LogP) is 2.21. The molecule has 2 aromatic rings. The van der Waals surface area contributed by atoms with Crippen molar-refractivity contribution in [3.63, 3.8) is 0 Å². The fourth-order valence-electron chi connectivity index (χ4n) is 2.77. The van der Waals surface area contributed by atoms with Crippen molar-refractivity contribution < 1.29 is 4.79 Å². The summed E-state index contributed by atoms with van der Waals surface area (Å²) in [6.45, 7) is 6.54. The summed E-state index contributed by atoms with van der Waals surface area (Å²) in [5.41, 5.74) is 2.73. The zero-order chi connectivity index (χ0) is 15.7. The van der Waals surface area contributed by atoms with E-state index in [9.17, 15) is 4.79 Å². The number of carbonyl (C=O) groups is 1. The molecular formula is C16H19ClN4O. The minimum atomic E-state index is -0.464. The molecule has 0 spiro atoms. The first-order valence-electron chi connectivity index (χ1n) is 7.47. The third-order valence-electron chi connectivity index (χ3n) is 3.95. The number of anilines is 1. The first kappa shape index (κ1) is 15.0. The predicted molar refractivity (Wildman–Crippen MR) is 88.4 cm³/mol. The third kappa shape index (κ3) is 2.86. The van der Waals surface area contributed by atoms with Crippen LogP contribution >= 0.6 is 11.6 Å². The number of alkyl halides is 1. The van der Waals surface area contributed by atoms with Crippen LogP contribution in [0.5, 0.6) is 0 Å². The summed E-state index contributed by atoms with van der Waals surface area (Å²) in [6, 6.07) is 7.88. The lowest BCUT2D eigenvalue weighted by Crippen LogP contribution is -2.50. The van der Waals surface area contributed by atoms with Gasteiger partial charge in [-0.15, -0.1) is 11.6 Å². The van der Waals surface area contributed by atoms with Gasteiger partial charge in [0.25, 0.3) is 0 Å². The molecule has 1 aromatic heterocycles. The molecule has 0 saturated carbocycles. The van der Waals surface area contributed by atoms with Gasteiger partial charge in [0.15, 0.2) is 5.82 Å². The van der Waals surface area contributed by atoms with Crippen LogP contribution in [0.3, 0.4) is 0 Å². The van der Waals surface area contributed by atoms with Crippen LogP contribution in [0.1, 0.15) is 12.6 Å². The zero-order valence-corrected chi connectivity index (χ0v) is 13.5. The number of halogens is 1. The number of carbonyl (C=O) groups excluding carboxylic acids is 1. The molecule has 0 radical (unpaired) electrons. The minimum absolute atomic E-state index is 0.00244. The highest BCUT2D eigenvalue weighted by molar-refractivity contribution is 6.30. The van der Waals surface area contributed by atoms with Crippen molar-refractivity contribution in [3.8, 4) is 0 Å². The Morgan fingerprint density at radius 2 is 1.73 bits per heavy atom. The highest BCUT2D eigenvalue weighted by Gasteiger charge is 2.25. The maximum absolute atomic E-state index is 11.9. The molecule has 3 rings (SSSR count). The van der Waals surface area contributed by atoms with Crippen LogP contribution in [0.4, 0.5) is 5.82 Å². The van der Waals surface area contributed by atoms with Gasteiger partial charge in [0.2, 0.25) is 5.91 Å². The highest BCUT2D eigenvalue weighted by atomic mass is 35.5. The fraction of sp³-hybridized carbons (Fsp3) is 0.438. The quantitative estimate of drug-likeness (QED) is 0.797. The number of fused-ring (bicyclic) bond motifs is 1. The molecule has 1 aromatic carbocycles. The van der Waals surface area contributed by atoms with Crippen LogP contribution in [0.2, 0.25) is 0 Å². The molecule has 0 aliphatic carbocycles. The Kier molecular flexibility index (Phi) is 4.16. The lowest BCUT2D eigenvalue weighted by molar-refractivity contribution is -0.130. The highest BCUT2D eigenvalue weighted by Crippen LogP contribution is 2.21. The van der Waals surface area contributed by atoms with Crippen molar-refractivity contribution in [3.05, 3.63) is 30.0 Å². The Balaban J connectivity index is 1.79. The maximum Gasteiger partial charge on any atom is 0.240 e. The average molecular weight is 319 g/mol. The van der Waals surface area contributed by atoms with Crippen molar-refractivity contribution in [2.75, 3.05) is 31.1 Å². The van der Waals surface area contributed by atoms with E-state index < -0.39 is 5.38 Å². The first-order chi connectivity index (χ1) is 10.6. The number of aryl methyl sites for hydroxylation is 1. The number of hydrogen-bond acceptors (Lipinski definition) is 4. The molecular weight excluding hydrogens is 300 g/mol. The van der Waals surface area contributed by atoms with Gasteiger partial charge in [0, 0.05) is 26.2 Å². The largest absolute Gasteiger partial charge is 0.352 e. The summed E-state index contributed by atoms with van der Waals surface area (Å²) in [4.78, 5) is 25.3. The van der Waals surface area contributed by atoms with E-state index >= 15 is 0 Å². The lowest BCUT2D eigenvalue weighted by atomic mass is 10.2. The number of amides is 1. The van der Waals surface area contributed by atoms with E-state index in [1.54, 1.807) is 6.92 Å². The van der Waals surface area contributed by atoms with Gasteiger partial charge in [0.1, 0.15) is 5.38 Å². The van der Waals surface area contributed by atoms with Gasteiger partial charge in [-0.05, 0) is 26.0 Å².